The van der Waals surface area contributed by atoms with Crippen LogP contribution in [-0.2, 0) is 22.7 Å². The van der Waals surface area contributed by atoms with E-state index in [1.54, 1.807) is 6.20 Å². The SMILES string of the molecule is CC(C)(C)OC(=O)CC1CCn2c1cc1cc(OCc3ccc(-n4cccn4)cc3)ccc12. The molecule has 0 saturated carbocycles. The van der Waals surface area contributed by atoms with Gasteiger partial charge in [0.05, 0.1) is 12.1 Å². The standard InChI is InChI=1S/C27H29N3O3/c1-27(2,3)33-26(31)17-20-11-14-29-24-10-9-23(15-21(24)16-25(20)29)32-18-19-5-7-22(8-6-19)30-13-4-12-28-30/h4-10,12-13,15-16,20H,11,14,17-18H2,1-3H3. The van der Waals surface area contributed by atoms with Crippen molar-refractivity contribution >= 4 is 16.9 Å². The van der Waals surface area contributed by atoms with Gasteiger partial charge in [0.15, 0.2) is 0 Å². The zero-order valence-electron chi connectivity index (χ0n) is 19.3. The van der Waals surface area contributed by atoms with E-state index in [2.05, 4.69) is 40.0 Å². The molecule has 0 amide bonds. The summed E-state index contributed by atoms with van der Waals surface area (Å²) in [6.07, 6.45) is 5.08. The van der Waals surface area contributed by atoms with Gasteiger partial charge in [-0.3, -0.25) is 4.79 Å². The number of hydrogen-bond acceptors (Lipinski definition) is 4. The molecule has 1 aliphatic rings. The summed E-state index contributed by atoms with van der Waals surface area (Å²) >= 11 is 0. The Morgan fingerprint density at radius 1 is 1.12 bits per heavy atom. The fourth-order valence-corrected chi connectivity index (χ4v) is 4.50. The first-order chi connectivity index (χ1) is 15.9. The molecule has 0 bridgehead atoms. The van der Waals surface area contributed by atoms with E-state index in [4.69, 9.17) is 9.47 Å². The molecule has 2 aromatic carbocycles. The number of aromatic nitrogens is 3. The molecule has 4 aromatic rings. The molecule has 33 heavy (non-hydrogen) atoms. The van der Waals surface area contributed by atoms with Crippen LogP contribution in [0.4, 0.5) is 0 Å². The van der Waals surface area contributed by atoms with Crippen molar-refractivity contribution in [3.8, 4) is 11.4 Å². The van der Waals surface area contributed by atoms with Crippen molar-refractivity contribution in [3.05, 3.63) is 78.2 Å². The maximum Gasteiger partial charge on any atom is 0.306 e. The first kappa shape index (κ1) is 21.3. The molecule has 3 heterocycles. The second kappa shape index (κ2) is 8.43. The van der Waals surface area contributed by atoms with Gasteiger partial charge in [-0.15, -0.1) is 0 Å². The average Bonchev–Trinajstić information content (AvgIpc) is 3.49. The van der Waals surface area contributed by atoms with Crippen LogP contribution in [0.5, 0.6) is 5.75 Å². The highest BCUT2D eigenvalue weighted by Gasteiger charge is 2.28. The summed E-state index contributed by atoms with van der Waals surface area (Å²) in [7, 11) is 0. The Bertz CT molecular complexity index is 1260. The predicted molar refractivity (Wildman–Crippen MR) is 128 cm³/mol. The van der Waals surface area contributed by atoms with Gasteiger partial charge < -0.3 is 14.0 Å². The molecule has 5 rings (SSSR count). The molecule has 170 valence electrons. The Morgan fingerprint density at radius 3 is 2.67 bits per heavy atom. The smallest absolute Gasteiger partial charge is 0.306 e. The van der Waals surface area contributed by atoms with Crippen molar-refractivity contribution in [2.75, 3.05) is 0 Å². The maximum atomic E-state index is 12.3. The monoisotopic (exact) mass is 443 g/mol. The van der Waals surface area contributed by atoms with Crippen LogP contribution >= 0.6 is 0 Å². The van der Waals surface area contributed by atoms with Gasteiger partial charge in [0.2, 0.25) is 0 Å². The van der Waals surface area contributed by atoms with E-state index in [-0.39, 0.29) is 11.9 Å². The topological polar surface area (TPSA) is 58.3 Å². The normalized spacial score (nSPS) is 15.5. The first-order valence-corrected chi connectivity index (χ1v) is 11.4. The van der Waals surface area contributed by atoms with E-state index < -0.39 is 5.60 Å². The zero-order valence-corrected chi connectivity index (χ0v) is 19.3. The molecule has 1 atom stereocenters. The van der Waals surface area contributed by atoms with Crippen LogP contribution in [0.15, 0.2) is 67.0 Å². The number of hydrogen-bond donors (Lipinski definition) is 0. The summed E-state index contributed by atoms with van der Waals surface area (Å²) in [5.41, 5.74) is 4.07. The van der Waals surface area contributed by atoms with E-state index in [0.29, 0.717) is 13.0 Å². The highest BCUT2D eigenvalue weighted by molar-refractivity contribution is 5.84. The molecule has 6 heteroatoms. The van der Waals surface area contributed by atoms with Crippen molar-refractivity contribution < 1.29 is 14.3 Å². The predicted octanol–water partition coefficient (Wildman–Crippen LogP) is 5.63. The summed E-state index contributed by atoms with van der Waals surface area (Å²) in [5, 5.41) is 5.40. The van der Waals surface area contributed by atoms with Crippen molar-refractivity contribution in [2.24, 2.45) is 0 Å². The number of carbonyl (C=O) groups excluding carboxylic acids is 1. The Kier molecular flexibility index (Phi) is 5.44. The minimum absolute atomic E-state index is 0.131. The number of esters is 1. The molecule has 0 aliphatic carbocycles. The van der Waals surface area contributed by atoms with Gasteiger partial charge in [-0.1, -0.05) is 12.1 Å². The number of rotatable bonds is 6. The zero-order chi connectivity index (χ0) is 23.0. The third kappa shape index (κ3) is 4.65. The molecule has 0 fully saturated rings. The lowest BCUT2D eigenvalue weighted by atomic mass is 10.00. The van der Waals surface area contributed by atoms with Crippen molar-refractivity contribution in [2.45, 2.75) is 58.3 Å². The fourth-order valence-electron chi connectivity index (χ4n) is 4.50. The molecular formula is C27H29N3O3. The Balaban J connectivity index is 1.26. The van der Waals surface area contributed by atoms with Gasteiger partial charge in [0.1, 0.15) is 18.0 Å². The lowest BCUT2D eigenvalue weighted by Gasteiger charge is -2.20. The second-order valence-electron chi connectivity index (χ2n) is 9.62. The van der Waals surface area contributed by atoms with E-state index in [0.717, 1.165) is 35.4 Å². The van der Waals surface area contributed by atoms with Crippen LogP contribution < -0.4 is 4.74 Å². The number of fused-ring (bicyclic) bond motifs is 3. The number of carbonyl (C=O) groups is 1. The van der Waals surface area contributed by atoms with Crippen LogP contribution in [0.1, 0.15) is 50.8 Å². The number of aryl methyl sites for hydroxylation is 1. The minimum Gasteiger partial charge on any atom is -0.489 e. The average molecular weight is 444 g/mol. The first-order valence-electron chi connectivity index (χ1n) is 11.4. The Morgan fingerprint density at radius 2 is 1.94 bits per heavy atom. The number of benzene rings is 2. The molecule has 0 N–H and O–H groups in total. The third-order valence-corrected chi connectivity index (χ3v) is 5.97. The van der Waals surface area contributed by atoms with Crippen LogP contribution in [0.3, 0.4) is 0 Å². The molecule has 0 spiro atoms. The summed E-state index contributed by atoms with van der Waals surface area (Å²) in [6, 6.07) is 18.5. The summed E-state index contributed by atoms with van der Waals surface area (Å²) in [6.45, 7) is 7.15. The van der Waals surface area contributed by atoms with Gasteiger partial charge in [-0.25, -0.2) is 4.68 Å². The summed E-state index contributed by atoms with van der Waals surface area (Å²) in [4.78, 5) is 12.3. The van der Waals surface area contributed by atoms with E-state index in [9.17, 15) is 4.79 Å². The van der Waals surface area contributed by atoms with Crippen molar-refractivity contribution in [1.29, 1.82) is 0 Å². The van der Waals surface area contributed by atoms with Gasteiger partial charge in [0, 0.05) is 41.5 Å². The van der Waals surface area contributed by atoms with Crippen molar-refractivity contribution in [3.63, 3.8) is 0 Å². The van der Waals surface area contributed by atoms with E-state index >= 15 is 0 Å². The lowest BCUT2D eigenvalue weighted by Crippen LogP contribution is -2.24. The molecule has 1 unspecified atom stereocenters. The third-order valence-electron chi connectivity index (χ3n) is 5.97. The van der Waals surface area contributed by atoms with Crippen LogP contribution in [0, 0.1) is 0 Å². The fraction of sp³-hybridized carbons (Fsp3) is 0.333. The maximum absolute atomic E-state index is 12.3. The van der Waals surface area contributed by atoms with Crippen LogP contribution in [0.2, 0.25) is 0 Å². The van der Waals surface area contributed by atoms with Gasteiger partial charge in [-0.2, -0.15) is 5.10 Å². The van der Waals surface area contributed by atoms with E-state index in [1.807, 2.05) is 55.9 Å². The van der Waals surface area contributed by atoms with E-state index in [1.165, 1.54) is 11.2 Å². The lowest BCUT2D eigenvalue weighted by molar-refractivity contribution is -0.155. The largest absolute Gasteiger partial charge is 0.489 e. The molecular weight excluding hydrogens is 414 g/mol. The quantitative estimate of drug-likeness (QED) is 0.363. The second-order valence-corrected chi connectivity index (χ2v) is 9.62. The van der Waals surface area contributed by atoms with Crippen LogP contribution in [-0.4, -0.2) is 25.9 Å². The van der Waals surface area contributed by atoms with Crippen LogP contribution in [0.25, 0.3) is 16.6 Å². The van der Waals surface area contributed by atoms with Gasteiger partial charge in [0.25, 0.3) is 0 Å². The molecule has 0 saturated heterocycles. The number of ether oxygens (including phenoxy) is 2. The molecule has 6 nitrogen and oxygen atoms in total. The van der Waals surface area contributed by atoms with Crippen molar-refractivity contribution in [1.82, 2.24) is 14.3 Å². The Hall–Kier alpha value is -3.54. The highest BCUT2D eigenvalue weighted by atomic mass is 16.6. The highest BCUT2D eigenvalue weighted by Crippen LogP contribution is 2.37. The summed E-state index contributed by atoms with van der Waals surface area (Å²) in [5.74, 6) is 0.908. The molecule has 0 radical (unpaired) electrons. The Labute approximate surface area is 193 Å². The van der Waals surface area contributed by atoms with Gasteiger partial charge >= 0.3 is 5.97 Å². The molecule has 1 aliphatic heterocycles. The summed E-state index contributed by atoms with van der Waals surface area (Å²) < 4.78 is 15.8. The molecule has 2 aromatic heterocycles. The van der Waals surface area contributed by atoms with Gasteiger partial charge in [-0.05, 0) is 75.2 Å². The number of nitrogens with zero attached hydrogens (tertiary/aromatic N) is 3. The minimum atomic E-state index is -0.450.